The summed E-state index contributed by atoms with van der Waals surface area (Å²) in [5, 5.41) is 14.2. The molecule has 0 radical (unpaired) electrons. The number of hydrogen-bond donors (Lipinski definition) is 2. The number of carbonyl (C=O) groups excluding carboxylic acids is 1. The van der Waals surface area contributed by atoms with Gasteiger partial charge < -0.3 is 15.4 Å². The number of para-hydroxylation sites is 1. The highest BCUT2D eigenvalue weighted by Gasteiger charge is 2.13. The van der Waals surface area contributed by atoms with Gasteiger partial charge in [0.25, 0.3) is 0 Å². The van der Waals surface area contributed by atoms with Crippen LogP contribution in [0.25, 0.3) is 0 Å². The molecule has 0 bridgehead atoms. The highest BCUT2D eigenvalue weighted by molar-refractivity contribution is 5.96. The van der Waals surface area contributed by atoms with Crippen LogP contribution in [0.5, 0.6) is 0 Å². The Morgan fingerprint density at radius 1 is 1.07 bits per heavy atom. The van der Waals surface area contributed by atoms with Crippen LogP contribution in [-0.4, -0.2) is 27.8 Å². The molecular formula is C20H21N5O2. The van der Waals surface area contributed by atoms with Gasteiger partial charge >= 0.3 is 5.97 Å². The molecule has 1 aromatic heterocycles. The number of benzene rings is 2. The average Bonchev–Trinajstić information content (AvgIpc) is 2.62. The third-order valence-electron chi connectivity index (χ3n) is 3.72. The minimum atomic E-state index is -0.405. The molecule has 3 aromatic rings. The van der Waals surface area contributed by atoms with Crippen LogP contribution in [0.4, 0.5) is 23.1 Å². The molecule has 0 saturated carbocycles. The predicted molar refractivity (Wildman–Crippen MR) is 105 cm³/mol. The fraction of sp³-hybridized carbons (Fsp3) is 0.200. The van der Waals surface area contributed by atoms with Gasteiger partial charge in [0, 0.05) is 5.69 Å². The summed E-state index contributed by atoms with van der Waals surface area (Å²) in [5.74, 6) is 0.422. The molecule has 0 aliphatic rings. The number of nitrogens with zero attached hydrogens (tertiary/aromatic N) is 3. The smallest absolute Gasteiger partial charge is 0.340 e. The molecule has 0 spiro atoms. The molecule has 7 heteroatoms. The van der Waals surface area contributed by atoms with Gasteiger partial charge in [-0.2, -0.15) is 10.1 Å². The Morgan fingerprint density at radius 2 is 1.81 bits per heavy atom. The minimum Gasteiger partial charge on any atom is -0.462 e. The van der Waals surface area contributed by atoms with E-state index in [1.54, 1.807) is 31.3 Å². The lowest BCUT2D eigenvalue weighted by Crippen LogP contribution is -2.09. The van der Waals surface area contributed by atoms with Crippen molar-refractivity contribution in [2.45, 2.75) is 20.8 Å². The van der Waals surface area contributed by atoms with E-state index < -0.39 is 5.97 Å². The highest BCUT2D eigenvalue weighted by Crippen LogP contribution is 2.21. The van der Waals surface area contributed by atoms with Crippen molar-refractivity contribution in [2.75, 3.05) is 17.2 Å². The summed E-state index contributed by atoms with van der Waals surface area (Å²) in [6, 6.07) is 13.2. The van der Waals surface area contributed by atoms with Crippen LogP contribution in [0.1, 0.15) is 28.4 Å². The fourth-order valence-corrected chi connectivity index (χ4v) is 2.71. The van der Waals surface area contributed by atoms with Gasteiger partial charge in [0.1, 0.15) is 0 Å². The Bertz CT molecular complexity index is 938. The number of aromatic nitrogens is 3. The summed E-state index contributed by atoms with van der Waals surface area (Å²) in [7, 11) is 0. The zero-order valence-corrected chi connectivity index (χ0v) is 15.5. The SMILES string of the molecule is CCOC(=O)c1ccccc1Nc1nncc(Nc2cc(C)cc(C)c2)n1. The zero-order valence-electron chi connectivity index (χ0n) is 15.5. The van der Waals surface area contributed by atoms with E-state index in [0.717, 1.165) is 16.8 Å². The van der Waals surface area contributed by atoms with E-state index >= 15 is 0 Å². The first kappa shape index (κ1) is 18.3. The normalized spacial score (nSPS) is 10.3. The first-order valence-corrected chi connectivity index (χ1v) is 8.63. The van der Waals surface area contributed by atoms with Crippen molar-refractivity contribution >= 4 is 29.1 Å². The third-order valence-corrected chi connectivity index (χ3v) is 3.72. The second kappa shape index (κ2) is 8.27. The van der Waals surface area contributed by atoms with Crippen molar-refractivity contribution in [1.29, 1.82) is 0 Å². The van der Waals surface area contributed by atoms with Gasteiger partial charge in [-0.1, -0.05) is 18.2 Å². The van der Waals surface area contributed by atoms with Gasteiger partial charge in [0.15, 0.2) is 5.82 Å². The molecule has 1 heterocycles. The van der Waals surface area contributed by atoms with E-state index in [1.165, 1.54) is 0 Å². The quantitative estimate of drug-likeness (QED) is 0.636. The Kier molecular flexibility index (Phi) is 5.61. The maximum atomic E-state index is 12.1. The topological polar surface area (TPSA) is 89.0 Å². The Morgan fingerprint density at radius 3 is 2.56 bits per heavy atom. The van der Waals surface area contributed by atoms with E-state index in [2.05, 4.69) is 31.9 Å². The Hall–Kier alpha value is -3.48. The van der Waals surface area contributed by atoms with Gasteiger partial charge in [0.2, 0.25) is 5.95 Å². The van der Waals surface area contributed by atoms with Crippen LogP contribution in [0.3, 0.4) is 0 Å². The molecule has 0 atom stereocenters. The number of anilines is 4. The van der Waals surface area contributed by atoms with Crippen LogP contribution < -0.4 is 10.6 Å². The highest BCUT2D eigenvalue weighted by atomic mass is 16.5. The van der Waals surface area contributed by atoms with Crippen LogP contribution in [0, 0.1) is 13.8 Å². The molecule has 0 saturated heterocycles. The molecule has 7 nitrogen and oxygen atoms in total. The number of ether oxygens (including phenoxy) is 1. The zero-order chi connectivity index (χ0) is 19.2. The molecule has 27 heavy (non-hydrogen) atoms. The van der Waals surface area contributed by atoms with E-state index in [1.807, 2.05) is 32.0 Å². The first-order chi connectivity index (χ1) is 13.0. The molecule has 2 N–H and O–H groups in total. The van der Waals surface area contributed by atoms with Crippen LogP contribution >= 0.6 is 0 Å². The number of esters is 1. The lowest BCUT2D eigenvalue weighted by molar-refractivity contribution is 0.0527. The van der Waals surface area contributed by atoms with Gasteiger partial charge in [-0.15, -0.1) is 5.10 Å². The van der Waals surface area contributed by atoms with Crippen molar-refractivity contribution in [3.63, 3.8) is 0 Å². The van der Waals surface area contributed by atoms with Crippen molar-refractivity contribution in [1.82, 2.24) is 15.2 Å². The van der Waals surface area contributed by atoms with E-state index in [9.17, 15) is 4.79 Å². The Labute approximate surface area is 157 Å². The van der Waals surface area contributed by atoms with Crippen molar-refractivity contribution < 1.29 is 9.53 Å². The number of rotatable bonds is 6. The van der Waals surface area contributed by atoms with Crippen molar-refractivity contribution in [3.8, 4) is 0 Å². The third kappa shape index (κ3) is 4.78. The summed E-state index contributed by atoms with van der Waals surface area (Å²) in [4.78, 5) is 16.5. The number of aryl methyl sites for hydroxylation is 2. The summed E-state index contributed by atoms with van der Waals surface area (Å²) < 4.78 is 5.08. The molecule has 0 unspecified atom stereocenters. The largest absolute Gasteiger partial charge is 0.462 e. The van der Waals surface area contributed by atoms with Gasteiger partial charge in [-0.3, -0.25) is 0 Å². The summed E-state index contributed by atoms with van der Waals surface area (Å²) in [6.45, 7) is 6.15. The molecule has 2 aromatic carbocycles. The van der Waals surface area contributed by atoms with Gasteiger partial charge in [0.05, 0.1) is 24.1 Å². The maximum absolute atomic E-state index is 12.1. The molecule has 3 rings (SSSR count). The maximum Gasteiger partial charge on any atom is 0.340 e. The lowest BCUT2D eigenvalue weighted by Gasteiger charge is -2.11. The van der Waals surface area contributed by atoms with E-state index in [4.69, 9.17) is 4.74 Å². The number of carbonyl (C=O) groups is 1. The lowest BCUT2D eigenvalue weighted by atomic mass is 10.1. The molecule has 0 aliphatic heterocycles. The van der Waals surface area contributed by atoms with Crippen molar-refractivity contribution in [2.24, 2.45) is 0 Å². The van der Waals surface area contributed by atoms with Crippen molar-refractivity contribution in [3.05, 3.63) is 65.4 Å². The van der Waals surface area contributed by atoms with Crippen LogP contribution in [0.15, 0.2) is 48.7 Å². The van der Waals surface area contributed by atoms with Crippen LogP contribution in [-0.2, 0) is 4.74 Å². The molecule has 0 amide bonds. The average molecular weight is 363 g/mol. The molecule has 0 aliphatic carbocycles. The number of hydrogen-bond acceptors (Lipinski definition) is 7. The number of nitrogens with one attached hydrogen (secondary N) is 2. The second-order valence-electron chi connectivity index (χ2n) is 6.06. The first-order valence-electron chi connectivity index (χ1n) is 8.63. The summed E-state index contributed by atoms with van der Waals surface area (Å²) in [6.07, 6.45) is 1.54. The van der Waals surface area contributed by atoms with Gasteiger partial charge in [-0.25, -0.2) is 4.79 Å². The second-order valence-corrected chi connectivity index (χ2v) is 6.06. The minimum absolute atomic E-state index is 0.279. The Balaban J connectivity index is 1.82. The molecule has 0 fully saturated rings. The summed E-state index contributed by atoms with van der Waals surface area (Å²) in [5.41, 5.74) is 4.20. The standard InChI is InChI=1S/C20H21N5O2/c1-4-27-19(26)16-7-5-6-8-17(16)23-20-24-18(12-21-25-20)22-15-10-13(2)9-14(3)11-15/h5-12H,4H2,1-3H3,(H2,22,23,24,25). The summed E-state index contributed by atoms with van der Waals surface area (Å²) >= 11 is 0. The fourth-order valence-electron chi connectivity index (χ4n) is 2.71. The van der Waals surface area contributed by atoms with Gasteiger partial charge in [-0.05, 0) is 56.2 Å². The molecular weight excluding hydrogens is 342 g/mol. The van der Waals surface area contributed by atoms with Crippen LogP contribution in [0.2, 0.25) is 0 Å². The monoisotopic (exact) mass is 363 g/mol. The predicted octanol–water partition coefficient (Wildman–Crippen LogP) is 4.15. The van der Waals surface area contributed by atoms with E-state index in [-0.39, 0.29) is 5.95 Å². The molecule has 138 valence electrons. The van der Waals surface area contributed by atoms with E-state index in [0.29, 0.717) is 23.7 Å².